The molecule has 0 bridgehead atoms. The number of carbonyl (C=O) groups is 1. The van der Waals surface area contributed by atoms with Gasteiger partial charge in [0.25, 0.3) is 5.91 Å². The van der Waals surface area contributed by atoms with Crippen molar-refractivity contribution in [2.24, 2.45) is 0 Å². The Morgan fingerprint density at radius 3 is 2.11 bits per heavy atom. The van der Waals surface area contributed by atoms with Crippen molar-refractivity contribution in [2.75, 3.05) is 38.2 Å². The van der Waals surface area contributed by atoms with Crippen molar-refractivity contribution in [1.29, 1.82) is 0 Å². The third-order valence-corrected chi connectivity index (χ3v) is 6.33. The zero-order chi connectivity index (χ0) is 24.2. The molecule has 1 fully saturated rings. The highest BCUT2D eigenvalue weighted by atomic mass is 16.5. The van der Waals surface area contributed by atoms with Crippen LogP contribution in [0.25, 0.3) is 22.7 Å². The third-order valence-electron chi connectivity index (χ3n) is 6.33. The molecule has 6 nitrogen and oxygen atoms in total. The van der Waals surface area contributed by atoms with Crippen LogP contribution in [-0.2, 0) is 4.79 Å². The Morgan fingerprint density at radius 2 is 1.46 bits per heavy atom. The van der Waals surface area contributed by atoms with E-state index in [1.54, 1.807) is 7.11 Å². The van der Waals surface area contributed by atoms with Crippen molar-refractivity contribution in [3.05, 3.63) is 95.7 Å². The lowest BCUT2D eigenvalue weighted by Gasteiger charge is -2.36. The van der Waals surface area contributed by atoms with Crippen LogP contribution in [0.1, 0.15) is 16.8 Å². The lowest BCUT2D eigenvalue weighted by molar-refractivity contribution is -0.125. The Kier molecular flexibility index (Phi) is 6.44. The maximum absolute atomic E-state index is 13.7. The lowest BCUT2D eigenvalue weighted by Crippen LogP contribution is -2.49. The number of hydrogen-bond acceptors (Lipinski definition) is 5. The number of anilines is 1. The van der Waals surface area contributed by atoms with E-state index in [0.717, 1.165) is 39.4 Å². The number of aromatic nitrogens is 2. The Balaban J connectivity index is 1.37. The summed E-state index contributed by atoms with van der Waals surface area (Å²) < 4.78 is 5.27. The van der Waals surface area contributed by atoms with Gasteiger partial charge in [-0.15, -0.1) is 0 Å². The van der Waals surface area contributed by atoms with Crippen LogP contribution >= 0.6 is 0 Å². The second-order valence-corrected chi connectivity index (χ2v) is 8.60. The first-order valence-electron chi connectivity index (χ1n) is 11.8. The monoisotopic (exact) mass is 464 g/mol. The number of aryl methyl sites for hydroxylation is 1. The molecule has 0 N–H and O–H groups in total. The maximum atomic E-state index is 13.7. The fourth-order valence-corrected chi connectivity index (χ4v) is 4.42. The van der Waals surface area contributed by atoms with Gasteiger partial charge in [-0.1, -0.05) is 54.6 Å². The molecule has 6 heteroatoms. The molecular formula is C29H28N4O2. The van der Waals surface area contributed by atoms with Gasteiger partial charge in [-0.2, -0.15) is 0 Å². The van der Waals surface area contributed by atoms with Gasteiger partial charge >= 0.3 is 0 Å². The molecule has 176 valence electrons. The van der Waals surface area contributed by atoms with Crippen LogP contribution in [0.3, 0.4) is 0 Å². The molecule has 0 radical (unpaired) electrons. The quantitative estimate of drug-likeness (QED) is 0.313. The zero-order valence-corrected chi connectivity index (χ0v) is 20.0. The van der Waals surface area contributed by atoms with Gasteiger partial charge in [0.05, 0.1) is 23.8 Å². The van der Waals surface area contributed by atoms with E-state index in [0.29, 0.717) is 31.8 Å². The molecule has 0 atom stereocenters. The Hall–Kier alpha value is -4.19. The molecule has 35 heavy (non-hydrogen) atoms. The largest absolute Gasteiger partial charge is 0.497 e. The predicted octanol–water partition coefficient (Wildman–Crippen LogP) is 4.84. The average molecular weight is 465 g/mol. The molecule has 3 aromatic carbocycles. The smallest absolute Gasteiger partial charge is 0.254 e. The Morgan fingerprint density at radius 1 is 0.829 bits per heavy atom. The first-order chi connectivity index (χ1) is 17.1. The summed E-state index contributed by atoms with van der Waals surface area (Å²) in [6.07, 6.45) is 1.96. The van der Waals surface area contributed by atoms with Crippen LogP contribution in [0.2, 0.25) is 0 Å². The molecular weight excluding hydrogens is 436 g/mol. The average Bonchev–Trinajstić information content (AvgIpc) is 2.92. The number of rotatable bonds is 5. The van der Waals surface area contributed by atoms with Crippen LogP contribution < -0.4 is 9.64 Å². The van der Waals surface area contributed by atoms with E-state index in [1.165, 1.54) is 0 Å². The summed E-state index contributed by atoms with van der Waals surface area (Å²) >= 11 is 0. The van der Waals surface area contributed by atoms with Gasteiger partial charge in [0.2, 0.25) is 0 Å². The van der Waals surface area contributed by atoms with Crippen molar-refractivity contribution in [1.82, 2.24) is 14.9 Å². The van der Waals surface area contributed by atoms with Crippen LogP contribution in [0, 0.1) is 6.92 Å². The molecule has 0 saturated carbocycles. The molecule has 1 aliphatic rings. The third kappa shape index (κ3) is 4.87. The second kappa shape index (κ2) is 9.97. The number of para-hydroxylation sites is 2. The summed E-state index contributed by atoms with van der Waals surface area (Å²) in [5.74, 6) is 1.72. The number of benzene rings is 3. The lowest BCUT2D eigenvalue weighted by atomic mass is 10.0. The highest BCUT2D eigenvalue weighted by molar-refractivity contribution is 6.24. The van der Waals surface area contributed by atoms with Crippen molar-refractivity contribution in [3.8, 4) is 5.75 Å². The Labute approximate surface area is 205 Å². The highest BCUT2D eigenvalue weighted by Gasteiger charge is 2.26. The van der Waals surface area contributed by atoms with Gasteiger partial charge in [-0.25, -0.2) is 9.97 Å². The summed E-state index contributed by atoms with van der Waals surface area (Å²) in [6.45, 7) is 4.67. The predicted molar refractivity (Wildman–Crippen MR) is 140 cm³/mol. The van der Waals surface area contributed by atoms with Gasteiger partial charge in [-0.3, -0.25) is 4.79 Å². The van der Waals surface area contributed by atoms with Crippen LogP contribution in [0.4, 0.5) is 5.82 Å². The van der Waals surface area contributed by atoms with E-state index in [9.17, 15) is 4.79 Å². The summed E-state index contributed by atoms with van der Waals surface area (Å²) in [7, 11) is 1.65. The van der Waals surface area contributed by atoms with Gasteiger partial charge in [0.1, 0.15) is 5.75 Å². The highest BCUT2D eigenvalue weighted by Crippen LogP contribution is 2.25. The molecule has 1 saturated heterocycles. The molecule has 1 amide bonds. The molecule has 1 aliphatic heterocycles. The number of methoxy groups -OCH3 is 1. The number of fused-ring (bicyclic) bond motifs is 1. The number of hydrogen-bond donors (Lipinski definition) is 0. The van der Waals surface area contributed by atoms with E-state index < -0.39 is 0 Å². The summed E-state index contributed by atoms with van der Waals surface area (Å²) in [5, 5.41) is 0. The minimum atomic E-state index is 0.0352. The summed E-state index contributed by atoms with van der Waals surface area (Å²) in [5.41, 5.74) is 5.25. The van der Waals surface area contributed by atoms with Crippen LogP contribution in [0.15, 0.2) is 78.9 Å². The van der Waals surface area contributed by atoms with Gasteiger partial charge in [-0.05, 0) is 48.4 Å². The number of amides is 1. The normalized spacial score (nSPS) is 14.3. The molecule has 5 rings (SSSR count). The van der Waals surface area contributed by atoms with E-state index in [1.807, 2.05) is 96.8 Å². The molecule has 0 unspecified atom stereocenters. The van der Waals surface area contributed by atoms with Crippen molar-refractivity contribution in [3.63, 3.8) is 0 Å². The van der Waals surface area contributed by atoms with Crippen LogP contribution in [0.5, 0.6) is 5.75 Å². The van der Waals surface area contributed by atoms with Crippen molar-refractivity contribution in [2.45, 2.75) is 6.92 Å². The summed E-state index contributed by atoms with van der Waals surface area (Å²) in [4.78, 5) is 27.4. The Bertz CT molecular complexity index is 1360. The number of nitrogens with zero attached hydrogens (tertiary/aromatic N) is 4. The van der Waals surface area contributed by atoms with Gasteiger partial charge in [0, 0.05) is 31.8 Å². The molecule has 4 aromatic rings. The van der Waals surface area contributed by atoms with Crippen molar-refractivity contribution >= 4 is 34.4 Å². The molecule has 2 heterocycles. The summed E-state index contributed by atoms with van der Waals surface area (Å²) in [6, 6.07) is 25.5. The SMILES string of the molecule is COc1ccc(/C=C(/C(=O)N2CCN(c3nc4ccccc4nc3C)CC2)c2ccccc2)cc1. The van der Waals surface area contributed by atoms with Gasteiger partial charge < -0.3 is 14.5 Å². The molecule has 0 spiro atoms. The number of piperazine rings is 1. The van der Waals surface area contributed by atoms with Crippen molar-refractivity contribution < 1.29 is 9.53 Å². The van der Waals surface area contributed by atoms with Crippen LogP contribution in [-0.4, -0.2) is 54.1 Å². The minimum absolute atomic E-state index is 0.0352. The van der Waals surface area contributed by atoms with E-state index in [2.05, 4.69) is 4.90 Å². The van der Waals surface area contributed by atoms with E-state index >= 15 is 0 Å². The van der Waals surface area contributed by atoms with E-state index in [4.69, 9.17) is 14.7 Å². The minimum Gasteiger partial charge on any atom is -0.497 e. The van der Waals surface area contributed by atoms with E-state index in [-0.39, 0.29) is 5.91 Å². The first-order valence-corrected chi connectivity index (χ1v) is 11.8. The standard InChI is InChI=1S/C29H28N4O2/c1-21-28(31-27-11-7-6-10-26(27)30-21)32-16-18-33(19-17-32)29(34)25(23-8-4-3-5-9-23)20-22-12-14-24(35-2)15-13-22/h3-15,20H,16-19H2,1-2H3/b25-20+. The van der Waals surface area contributed by atoms with Gasteiger partial charge in [0.15, 0.2) is 5.82 Å². The zero-order valence-electron chi connectivity index (χ0n) is 20.0. The maximum Gasteiger partial charge on any atom is 0.254 e. The number of ether oxygens (including phenoxy) is 1. The molecule has 1 aromatic heterocycles. The fourth-order valence-electron chi connectivity index (χ4n) is 4.42. The topological polar surface area (TPSA) is 58.6 Å². The second-order valence-electron chi connectivity index (χ2n) is 8.60. The fraction of sp³-hybridized carbons (Fsp3) is 0.207. The molecule has 0 aliphatic carbocycles. The first kappa shape index (κ1) is 22.6. The number of carbonyl (C=O) groups excluding carboxylic acids is 1.